The molecule has 1 aliphatic rings. The second-order valence-corrected chi connectivity index (χ2v) is 5.48. The molecule has 0 aliphatic carbocycles. The van der Waals surface area contributed by atoms with Crippen molar-refractivity contribution in [2.75, 3.05) is 13.7 Å². The van der Waals surface area contributed by atoms with E-state index in [1.165, 1.54) is 12.0 Å². The van der Waals surface area contributed by atoms with E-state index in [4.69, 9.17) is 9.15 Å². The standard InChI is InChI=1S/C15H17N3O5/c1-8-3-4-13(23-8)10-6-11(17-16-10)14(19)18-7-9(22-2)5-12(18)15(20)21/h3-4,6,9,12H,5,7H2,1-2H3,(H,16,17)(H,20,21). The van der Waals surface area contributed by atoms with E-state index >= 15 is 0 Å². The minimum atomic E-state index is -1.05. The smallest absolute Gasteiger partial charge is 0.326 e. The monoisotopic (exact) mass is 319 g/mol. The predicted molar refractivity (Wildman–Crippen MR) is 78.9 cm³/mol. The summed E-state index contributed by atoms with van der Waals surface area (Å²) in [6.45, 7) is 2.05. The Bertz CT molecular complexity index is 735. The summed E-state index contributed by atoms with van der Waals surface area (Å²) in [6, 6.07) is 4.23. The number of nitrogens with one attached hydrogen (secondary N) is 1. The highest BCUT2D eigenvalue weighted by atomic mass is 16.5. The molecule has 23 heavy (non-hydrogen) atoms. The van der Waals surface area contributed by atoms with Crippen molar-refractivity contribution in [3.8, 4) is 11.5 Å². The molecule has 0 saturated carbocycles. The normalized spacial score (nSPS) is 20.9. The molecule has 1 amide bonds. The summed E-state index contributed by atoms with van der Waals surface area (Å²) < 4.78 is 10.7. The van der Waals surface area contributed by atoms with E-state index in [1.807, 2.05) is 13.0 Å². The molecule has 0 spiro atoms. The number of H-pyrrole nitrogens is 1. The molecule has 1 saturated heterocycles. The molecule has 2 unspecified atom stereocenters. The van der Waals surface area contributed by atoms with Gasteiger partial charge in [0.2, 0.25) is 0 Å². The third kappa shape index (κ3) is 2.85. The van der Waals surface area contributed by atoms with Gasteiger partial charge in [0, 0.05) is 26.1 Å². The van der Waals surface area contributed by atoms with Crippen LogP contribution in [0.25, 0.3) is 11.5 Å². The Kier molecular flexibility index (Phi) is 3.91. The van der Waals surface area contributed by atoms with Gasteiger partial charge in [-0.3, -0.25) is 9.89 Å². The SMILES string of the molecule is COC1CC(C(=O)O)N(C(=O)c2cc(-c3ccc(C)o3)[nH]n2)C1. The fourth-order valence-electron chi connectivity index (χ4n) is 2.71. The molecule has 0 radical (unpaired) electrons. The highest BCUT2D eigenvalue weighted by molar-refractivity contribution is 5.96. The maximum atomic E-state index is 12.6. The lowest BCUT2D eigenvalue weighted by atomic mass is 10.2. The van der Waals surface area contributed by atoms with Crippen LogP contribution in [-0.2, 0) is 9.53 Å². The number of aromatic amines is 1. The molecule has 3 rings (SSSR count). The highest BCUT2D eigenvalue weighted by Gasteiger charge is 2.40. The van der Waals surface area contributed by atoms with Gasteiger partial charge in [0.1, 0.15) is 17.5 Å². The number of hydrogen-bond acceptors (Lipinski definition) is 5. The van der Waals surface area contributed by atoms with E-state index in [1.54, 1.807) is 12.1 Å². The fourth-order valence-corrected chi connectivity index (χ4v) is 2.71. The number of ether oxygens (including phenoxy) is 1. The Morgan fingerprint density at radius 3 is 2.87 bits per heavy atom. The number of furan rings is 1. The van der Waals surface area contributed by atoms with E-state index in [-0.39, 0.29) is 24.8 Å². The van der Waals surface area contributed by atoms with Crippen LogP contribution in [0, 0.1) is 6.92 Å². The molecule has 1 aliphatic heterocycles. The number of carboxylic acid groups (broad SMARTS) is 1. The molecule has 3 heterocycles. The zero-order chi connectivity index (χ0) is 16.6. The third-order valence-electron chi connectivity index (χ3n) is 3.94. The van der Waals surface area contributed by atoms with Crippen LogP contribution in [0.15, 0.2) is 22.6 Å². The molecule has 8 nitrogen and oxygen atoms in total. The lowest BCUT2D eigenvalue weighted by molar-refractivity contribution is -0.141. The molecular formula is C15H17N3O5. The van der Waals surface area contributed by atoms with Gasteiger partial charge in [-0.2, -0.15) is 5.10 Å². The number of aliphatic carboxylic acids is 1. The quantitative estimate of drug-likeness (QED) is 0.879. The van der Waals surface area contributed by atoms with E-state index in [0.717, 1.165) is 5.76 Å². The zero-order valence-corrected chi connectivity index (χ0v) is 12.8. The Balaban J connectivity index is 1.82. The Labute approximate surface area is 132 Å². The minimum absolute atomic E-state index is 0.150. The van der Waals surface area contributed by atoms with Crippen LogP contribution >= 0.6 is 0 Å². The first-order valence-corrected chi connectivity index (χ1v) is 7.18. The number of aryl methyl sites for hydroxylation is 1. The van der Waals surface area contributed by atoms with Gasteiger partial charge >= 0.3 is 5.97 Å². The van der Waals surface area contributed by atoms with Crippen LogP contribution in [0.3, 0.4) is 0 Å². The second-order valence-electron chi connectivity index (χ2n) is 5.48. The Hall–Kier alpha value is -2.61. The average molecular weight is 319 g/mol. The van der Waals surface area contributed by atoms with Gasteiger partial charge in [0.15, 0.2) is 11.5 Å². The first-order valence-electron chi connectivity index (χ1n) is 7.18. The van der Waals surface area contributed by atoms with Crippen LogP contribution in [0.2, 0.25) is 0 Å². The summed E-state index contributed by atoms with van der Waals surface area (Å²) in [5.41, 5.74) is 0.716. The minimum Gasteiger partial charge on any atom is -0.480 e. The number of aromatic nitrogens is 2. The van der Waals surface area contributed by atoms with Gasteiger partial charge in [-0.25, -0.2) is 4.79 Å². The molecule has 2 N–H and O–H groups in total. The number of nitrogens with zero attached hydrogens (tertiary/aromatic N) is 2. The fraction of sp³-hybridized carbons (Fsp3) is 0.400. The average Bonchev–Trinajstić information content (AvgIpc) is 3.24. The van der Waals surface area contributed by atoms with Crippen molar-refractivity contribution in [2.24, 2.45) is 0 Å². The van der Waals surface area contributed by atoms with Gasteiger partial charge in [0.05, 0.1) is 6.10 Å². The maximum Gasteiger partial charge on any atom is 0.326 e. The van der Waals surface area contributed by atoms with Crippen LogP contribution < -0.4 is 0 Å². The lowest BCUT2D eigenvalue weighted by Crippen LogP contribution is -2.40. The molecule has 2 atom stereocenters. The number of likely N-dealkylation sites (tertiary alicyclic amines) is 1. The van der Waals surface area contributed by atoms with E-state index in [2.05, 4.69) is 10.2 Å². The first-order chi connectivity index (χ1) is 11.0. The molecule has 0 bridgehead atoms. The highest BCUT2D eigenvalue weighted by Crippen LogP contribution is 2.24. The number of hydrogen-bond donors (Lipinski definition) is 2. The molecule has 2 aromatic rings. The van der Waals surface area contributed by atoms with Gasteiger partial charge in [-0.1, -0.05) is 0 Å². The Morgan fingerprint density at radius 2 is 2.26 bits per heavy atom. The van der Waals surface area contributed by atoms with Crippen LogP contribution in [0.5, 0.6) is 0 Å². The van der Waals surface area contributed by atoms with Gasteiger partial charge in [-0.05, 0) is 19.1 Å². The number of carboxylic acids is 1. The van der Waals surface area contributed by atoms with E-state index < -0.39 is 17.9 Å². The van der Waals surface area contributed by atoms with Crippen LogP contribution in [-0.4, -0.2) is 57.9 Å². The van der Waals surface area contributed by atoms with Crippen molar-refractivity contribution >= 4 is 11.9 Å². The van der Waals surface area contributed by atoms with Crippen LogP contribution in [0.1, 0.15) is 22.7 Å². The number of rotatable bonds is 4. The third-order valence-corrected chi connectivity index (χ3v) is 3.94. The topological polar surface area (TPSA) is 109 Å². The van der Waals surface area contributed by atoms with Crippen molar-refractivity contribution in [3.63, 3.8) is 0 Å². The molecule has 0 aromatic carbocycles. The molecule has 122 valence electrons. The van der Waals surface area contributed by atoms with Gasteiger partial charge < -0.3 is 19.2 Å². The lowest BCUT2D eigenvalue weighted by Gasteiger charge is -2.19. The maximum absolute atomic E-state index is 12.6. The summed E-state index contributed by atoms with van der Waals surface area (Å²) in [4.78, 5) is 25.2. The van der Waals surface area contributed by atoms with Crippen molar-refractivity contribution in [2.45, 2.75) is 25.5 Å². The zero-order valence-electron chi connectivity index (χ0n) is 12.8. The summed E-state index contributed by atoms with van der Waals surface area (Å²) in [6.07, 6.45) is -0.0159. The van der Waals surface area contributed by atoms with Crippen molar-refractivity contribution < 1.29 is 23.8 Å². The molecule has 8 heteroatoms. The summed E-state index contributed by atoms with van der Waals surface area (Å²) >= 11 is 0. The van der Waals surface area contributed by atoms with Gasteiger partial charge in [-0.15, -0.1) is 0 Å². The summed E-state index contributed by atoms with van der Waals surface area (Å²) in [5.74, 6) is -0.172. The number of amides is 1. The molecule has 2 aromatic heterocycles. The number of carbonyl (C=O) groups is 2. The predicted octanol–water partition coefficient (Wildman–Crippen LogP) is 1.29. The number of methoxy groups -OCH3 is 1. The van der Waals surface area contributed by atoms with Crippen molar-refractivity contribution in [1.82, 2.24) is 15.1 Å². The van der Waals surface area contributed by atoms with Crippen molar-refractivity contribution in [3.05, 3.63) is 29.7 Å². The summed E-state index contributed by atoms with van der Waals surface area (Å²) in [5, 5.41) is 16.0. The molecule has 1 fully saturated rings. The Morgan fingerprint density at radius 1 is 1.48 bits per heavy atom. The van der Waals surface area contributed by atoms with E-state index in [9.17, 15) is 14.7 Å². The number of carbonyl (C=O) groups excluding carboxylic acids is 1. The first kappa shape index (κ1) is 15.3. The van der Waals surface area contributed by atoms with E-state index in [0.29, 0.717) is 11.5 Å². The van der Waals surface area contributed by atoms with Crippen LogP contribution in [0.4, 0.5) is 0 Å². The molecular weight excluding hydrogens is 302 g/mol. The second kappa shape index (κ2) is 5.88. The van der Waals surface area contributed by atoms with Crippen molar-refractivity contribution in [1.29, 1.82) is 0 Å². The largest absolute Gasteiger partial charge is 0.480 e. The van der Waals surface area contributed by atoms with Gasteiger partial charge in [0.25, 0.3) is 5.91 Å². The summed E-state index contributed by atoms with van der Waals surface area (Å²) in [7, 11) is 1.50.